The first-order chi connectivity index (χ1) is 4.59. The summed E-state index contributed by atoms with van der Waals surface area (Å²) < 4.78 is 0.783. The van der Waals surface area contributed by atoms with Crippen LogP contribution in [0.1, 0.15) is 26.7 Å². The van der Waals surface area contributed by atoms with Crippen LogP contribution in [0, 0.1) is 0 Å². The van der Waals surface area contributed by atoms with Crippen LogP contribution < -0.4 is 0 Å². The van der Waals surface area contributed by atoms with Gasteiger partial charge < -0.3 is 0 Å². The third-order valence-electron chi connectivity index (χ3n) is 1.37. The van der Waals surface area contributed by atoms with Crippen molar-refractivity contribution in [3.05, 3.63) is 0 Å². The number of halogens is 2. The zero-order chi connectivity index (χ0) is 8.15. The van der Waals surface area contributed by atoms with Gasteiger partial charge in [-0.25, -0.2) is 5.11 Å². The molecule has 10 heavy (non-hydrogen) atoms. The van der Waals surface area contributed by atoms with E-state index in [0.29, 0.717) is 3.92 Å². The quantitative estimate of drug-likeness (QED) is 0.538. The molecule has 1 radical (unpaired) electrons. The standard InChI is InChI=1S/C7H13I2O/c1-3-4-6(10)7(9)5(2)8/h5-7H,3-4H2,1-2H3. The molecule has 0 rings (SSSR count). The van der Waals surface area contributed by atoms with Gasteiger partial charge in [0.15, 0.2) is 0 Å². The van der Waals surface area contributed by atoms with Gasteiger partial charge in [0.1, 0.15) is 6.10 Å². The maximum Gasteiger partial charge on any atom is 0.106 e. The SMILES string of the molecule is CCCC([O])C(I)C(C)I. The fraction of sp³-hybridized carbons (Fsp3) is 1.00. The molecule has 0 bridgehead atoms. The first-order valence-electron chi connectivity index (χ1n) is 3.53. The predicted octanol–water partition coefficient (Wildman–Crippen LogP) is 3.21. The van der Waals surface area contributed by atoms with E-state index >= 15 is 0 Å². The second-order valence-electron chi connectivity index (χ2n) is 2.45. The van der Waals surface area contributed by atoms with Crippen molar-refractivity contribution in [2.24, 2.45) is 0 Å². The lowest BCUT2D eigenvalue weighted by Gasteiger charge is -2.16. The summed E-state index contributed by atoms with van der Waals surface area (Å²) in [6, 6.07) is 0. The summed E-state index contributed by atoms with van der Waals surface area (Å²) in [5, 5.41) is 11.3. The molecule has 1 nitrogen and oxygen atoms in total. The lowest BCUT2D eigenvalue weighted by Crippen LogP contribution is -2.25. The second kappa shape index (κ2) is 5.99. The molecule has 61 valence electrons. The van der Waals surface area contributed by atoms with Crippen molar-refractivity contribution in [1.82, 2.24) is 0 Å². The van der Waals surface area contributed by atoms with Crippen LogP contribution in [0.2, 0.25) is 0 Å². The van der Waals surface area contributed by atoms with Crippen LogP contribution >= 0.6 is 45.2 Å². The number of hydrogen-bond donors (Lipinski definition) is 0. The second-order valence-corrected chi connectivity index (χ2v) is 5.85. The van der Waals surface area contributed by atoms with Crippen molar-refractivity contribution < 1.29 is 5.11 Å². The third kappa shape index (κ3) is 4.33. The molecule has 0 aliphatic heterocycles. The van der Waals surface area contributed by atoms with Gasteiger partial charge in [-0.2, -0.15) is 0 Å². The van der Waals surface area contributed by atoms with E-state index in [9.17, 15) is 5.11 Å². The minimum atomic E-state index is -0.363. The van der Waals surface area contributed by atoms with Crippen LogP contribution in [0.25, 0.3) is 0 Å². The molecule has 0 aromatic carbocycles. The Morgan fingerprint density at radius 2 is 1.90 bits per heavy atom. The Balaban J connectivity index is 3.58. The summed E-state index contributed by atoms with van der Waals surface area (Å²) >= 11 is 4.58. The largest absolute Gasteiger partial charge is 0.232 e. The Morgan fingerprint density at radius 3 is 2.20 bits per heavy atom. The van der Waals surface area contributed by atoms with Crippen molar-refractivity contribution in [2.75, 3.05) is 0 Å². The van der Waals surface area contributed by atoms with E-state index in [0.717, 1.165) is 12.8 Å². The summed E-state index contributed by atoms with van der Waals surface area (Å²) in [4.78, 5) is 0. The monoisotopic (exact) mass is 367 g/mol. The first kappa shape index (κ1) is 11.4. The Labute approximate surface area is 90.2 Å². The van der Waals surface area contributed by atoms with Gasteiger partial charge in [0.05, 0.1) is 3.92 Å². The van der Waals surface area contributed by atoms with Gasteiger partial charge in [-0.1, -0.05) is 65.5 Å². The molecule has 0 spiro atoms. The lowest BCUT2D eigenvalue weighted by atomic mass is 10.1. The molecule has 0 heterocycles. The average Bonchev–Trinajstić information content (AvgIpc) is 1.87. The van der Waals surface area contributed by atoms with E-state index < -0.39 is 0 Å². The highest BCUT2D eigenvalue weighted by atomic mass is 127. The van der Waals surface area contributed by atoms with E-state index in [1.165, 1.54) is 0 Å². The average molecular weight is 367 g/mol. The first-order valence-corrected chi connectivity index (χ1v) is 6.02. The normalized spacial score (nSPS) is 20.1. The van der Waals surface area contributed by atoms with Crippen LogP contribution in [0.5, 0.6) is 0 Å². The lowest BCUT2D eigenvalue weighted by molar-refractivity contribution is 0.0832. The van der Waals surface area contributed by atoms with E-state index in [1.54, 1.807) is 0 Å². The van der Waals surface area contributed by atoms with Gasteiger partial charge in [-0.15, -0.1) is 0 Å². The van der Waals surface area contributed by atoms with Crippen molar-refractivity contribution in [1.29, 1.82) is 0 Å². The van der Waals surface area contributed by atoms with Crippen molar-refractivity contribution in [2.45, 2.75) is 40.6 Å². The number of alkyl halides is 2. The Bertz CT molecular complexity index is 85.7. The molecule has 0 aliphatic carbocycles. The molecular weight excluding hydrogens is 354 g/mol. The van der Waals surface area contributed by atoms with E-state index in [1.807, 2.05) is 0 Å². The smallest absolute Gasteiger partial charge is 0.106 e. The fourth-order valence-electron chi connectivity index (χ4n) is 0.740. The van der Waals surface area contributed by atoms with Crippen molar-refractivity contribution in [3.8, 4) is 0 Å². The van der Waals surface area contributed by atoms with Crippen molar-refractivity contribution >= 4 is 45.2 Å². The fourth-order valence-corrected chi connectivity index (χ4v) is 1.56. The summed E-state index contributed by atoms with van der Waals surface area (Å²) in [6.07, 6.45) is 1.47. The molecule has 0 aromatic rings. The van der Waals surface area contributed by atoms with Crippen LogP contribution in [-0.4, -0.2) is 14.0 Å². The zero-order valence-corrected chi connectivity index (χ0v) is 10.6. The molecule has 0 aliphatic rings. The molecule has 0 N–H and O–H groups in total. The zero-order valence-electron chi connectivity index (χ0n) is 6.31. The molecule has 0 fully saturated rings. The molecule has 3 unspecified atom stereocenters. The van der Waals surface area contributed by atoms with E-state index in [2.05, 4.69) is 59.0 Å². The maximum atomic E-state index is 11.3. The van der Waals surface area contributed by atoms with Gasteiger partial charge >= 0.3 is 0 Å². The minimum Gasteiger partial charge on any atom is -0.232 e. The van der Waals surface area contributed by atoms with Gasteiger partial charge in [-0.05, 0) is 6.42 Å². The maximum absolute atomic E-state index is 11.3. The van der Waals surface area contributed by atoms with Crippen LogP contribution in [0.4, 0.5) is 0 Å². The molecule has 0 saturated heterocycles. The topological polar surface area (TPSA) is 19.9 Å². The Morgan fingerprint density at radius 1 is 1.40 bits per heavy atom. The molecule has 0 saturated carbocycles. The highest BCUT2D eigenvalue weighted by Crippen LogP contribution is 2.21. The van der Waals surface area contributed by atoms with Gasteiger partial charge in [0, 0.05) is 3.92 Å². The highest BCUT2D eigenvalue weighted by molar-refractivity contribution is 14.1. The van der Waals surface area contributed by atoms with Gasteiger partial charge in [0.25, 0.3) is 0 Å². The summed E-state index contributed by atoms with van der Waals surface area (Å²) in [5.74, 6) is 0. The van der Waals surface area contributed by atoms with Crippen LogP contribution in [0.15, 0.2) is 0 Å². The summed E-state index contributed by atoms with van der Waals surface area (Å²) in [5.41, 5.74) is 0. The third-order valence-corrected chi connectivity index (χ3v) is 5.40. The highest BCUT2D eigenvalue weighted by Gasteiger charge is 2.20. The van der Waals surface area contributed by atoms with E-state index in [-0.39, 0.29) is 10.0 Å². The molecule has 0 aromatic heterocycles. The molecular formula is C7H13I2O. The summed E-state index contributed by atoms with van der Waals surface area (Å²) in [7, 11) is 0. The summed E-state index contributed by atoms with van der Waals surface area (Å²) in [6.45, 7) is 4.16. The Hall–Kier alpha value is 1.42. The van der Waals surface area contributed by atoms with Crippen LogP contribution in [0.3, 0.4) is 0 Å². The molecule has 3 atom stereocenters. The van der Waals surface area contributed by atoms with E-state index in [4.69, 9.17) is 0 Å². The molecule has 0 amide bonds. The number of hydrogen-bond acceptors (Lipinski definition) is 0. The number of rotatable bonds is 4. The Kier molecular flexibility index (Phi) is 6.85. The predicted molar refractivity (Wildman–Crippen MR) is 60.7 cm³/mol. The van der Waals surface area contributed by atoms with Gasteiger partial charge in [0.2, 0.25) is 0 Å². The van der Waals surface area contributed by atoms with Crippen molar-refractivity contribution in [3.63, 3.8) is 0 Å². The minimum absolute atomic E-state index is 0.290. The molecule has 3 heteroatoms. The van der Waals surface area contributed by atoms with Gasteiger partial charge in [-0.3, -0.25) is 0 Å². The van der Waals surface area contributed by atoms with Crippen LogP contribution in [-0.2, 0) is 5.11 Å².